The number of ether oxygens (including phenoxy) is 3. The highest BCUT2D eigenvalue weighted by Gasteiger charge is 2.23. The Morgan fingerprint density at radius 3 is 2.29 bits per heavy atom. The number of nitrogens with one attached hydrogen (secondary N) is 2. The predicted molar refractivity (Wildman–Crippen MR) is 90.2 cm³/mol. The number of sulfonamides is 1. The molecule has 2 N–H and O–H groups in total. The maximum Gasteiger partial charge on any atom is 0.335 e. The lowest BCUT2D eigenvalue weighted by Gasteiger charge is -2.12. The molecule has 0 saturated heterocycles. The number of anilines is 1. The van der Waals surface area contributed by atoms with Gasteiger partial charge >= 0.3 is 18.1 Å². The van der Waals surface area contributed by atoms with Gasteiger partial charge in [0.15, 0.2) is 0 Å². The van der Waals surface area contributed by atoms with Gasteiger partial charge in [-0.3, -0.25) is 5.32 Å². The number of hydrogen-bond donors (Lipinski definition) is 2. The fourth-order valence-corrected chi connectivity index (χ4v) is 2.88. The predicted octanol–water partition coefficient (Wildman–Crippen LogP) is 1.04. The van der Waals surface area contributed by atoms with Crippen LogP contribution < -0.4 is 24.2 Å². The summed E-state index contributed by atoms with van der Waals surface area (Å²) < 4.78 is 65.5. The van der Waals surface area contributed by atoms with Crippen LogP contribution in [-0.2, 0) is 10.0 Å². The highest BCUT2D eigenvalue weighted by molar-refractivity contribution is 7.90. The number of urea groups is 1. The minimum absolute atomic E-state index is 0.184. The number of nitrogens with zero attached hydrogens (tertiary/aromatic N) is 3. The molecule has 0 spiro atoms. The quantitative estimate of drug-likeness (QED) is 0.642. The fraction of sp³-hybridized carbons (Fsp3) is 0.286. The average molecular weight is 419 g/mol. The number of benzene rings is 1. The summed E-state index contributed by atoms with van der Waals surface area (Å²) >= 11 is 0. The first-order valence-corrected chi connectivity index (χ1v) is 8.91. The van der Waals surface area contributed by atoms with E-state index in [1.807, 2.05) is 0 Å². The van der Waals surface area contributed by atoms with Crippen molar-refractivity contribution in [2.75, 3.05) is 26.1 Å². The van der Waals surface area contributed by atoms with E-state index in [0.29, 0.717) is 0 Å². The van der Waals surface area contributed by atoms with Crippen LogP contribution in [0, 0.1) is 0 Å². The molecule has 0 aliphatic heterocycles. The molecule has 0 bridgehead atoms. The molecule has 0 aliphatic carbocycles. The lowest BCUT2D eigenvalue weighted by molar-refractivity contribution is 0.0804. The van der Waals surface area contributed by atoms with Gasteiger partial charge in [-0.1, -0.05) is 12.1 Å². The van der Waals surface area contributed by atoms with Gasteiger partial charge in [0.05, 0.1) is 14.2 Å². The van der Waals surface area contributed by atoms with Crippen molar-refractivity contribution in [3.8, 4) is 17.8 Å². The summed E-state index contributed by atoms with van der Waals surface area (Å²) in [6.45, 7) is -1.01. The number of carbonyl (C=O) groups excluding carboxylic acids is 1. The van der Waals surface area contributed by atoms with E-state index < -0.39 is 34.0 Å². The molecule has 0 unspecified atom stereocenters. The first-order chi connectivity index (χ1) is 13.2. The van der Waals surface area contributed by atoms with Crippen molar-refractivity contribution < 1.29 is 36.2 Å². The van der Waals surface area contributed by atoms with Gasteiger partial charge in [-0.15, -0.1) is 4.98 Å². The second-order valence-electron chi connectivity index (χ2n) is 4.84. The van der Waals surface area contributed by atoms with Crippen LogP contribution in [0.2, 0.25) is 0 Å². The minimum atomic E-state index is -4.46. The monoisotopic (exact) mass is 419 g/mol. The number of amides is 2. The third-order valence-corrected chi connectivity index (χ3v) is 4.29. The number of methoxy groups -OCH3 is 2. The Bertz CT molecular complexity index is 921. The number of halogens is 2. The van der Waals surface area contributed by atoms with E-state index in [1.54, 1.807) is 4.72 Å². The van der Waals surface area contributed by atoms with Gasteiger partial charge in [0, 0.05) is 0 Å². The van der Waals surface area contributed by atoms with Gasteiger partial charge in [-0.25, -0.2) is 26.7 Å². The zero-order valence-electron chi connectivity index (χ0n) is 14.5. The summed E-state index contributed by atoms with van der Waals surface area (Å²) in [5.41, 5.74) is 0. The van der Waals surface area contributed by atoms with Gasteiger partial charge in [-0.05, 0) is 12.1 Å². The van der Waals surface area contributed by atoms with Crippen LogP contribution in [0.25, 0.3) is 0 Å². The van der Waals surface area contributed by atoms with E-state index in [1.165, 1.54) is 32.4 Å². The van der Waals surface area contributed by atoms with Crippen molar-refractivity contribution in [1.82, 2.24) is 19.7 Å². The van der Waals surface area contributed by atoms with Gasteiger partial charge in [-0.2, -0.15) is 9.97 Å². The van der Waals surface area contributed by atoms with Crippen LogP contribution in [0.4, 0.5) is 19.5 Å². The van der Waals surface area contributed by atoms with Gasteiger partial charge in [0.25, 0.3) is 16.4 Å². The summed E-state index contributed by atoms with van der Waals surface area (Å²) in [5, 5.41) is 2.07. The SMILES string of the molecule is COc1nc(NC(=O)NS(=O)(=O)c2ccccc2OCC(F)F)nc(OC)n1. The van der Waals surface area contributed by atoms with Crippen molar-refractivity contribution in [1.29, 1.82) is 0 Å². The summed E-state index contributed by atoms with van der Waals surface area (Å²) in [6, 6.07) is 3.40. The largest absolute Gasteiger partial charge is 0.486 e. The van der Waals surface area contributed by atoms with Crippen LogP contribution in [-0.4, -0.2) is 56.7 Å². The molecular formula is C14H15F2N5O6S. The van der Waals surface area contributed by atoms with Gasteiger partial charge in [0.1, 0.15) is 17.3 Å². The molecule has 152 valence electrons. The third-order valence-electron chi connectivity index (χ3n) is 2.92. The molecule has 28 heavy (non-hydrogen) atoms. The molecule has 1 aromatic carbocycles. The van der Waals surface area contributed by atoms with E-state index in [4.69, 9.17) is 14.2 Å². The summed E-state index contributed by atoms with van der Waals surface area (Å²) in [5.74, 6) is -0.690. The average Bonchev–Trinajstić information content (AvgIpc) is 2.65. The van der Waals surface area contributed by atoms with Crippen molar-refractivity contribution in [2.45, 2.75) is 11.3 Å². The fourth-order valence-electron chi connectivity index (χ4n) is 1.82. The number of aromatic nitrogens is 3. The highest BCUT2D eigenvalue weighted by atomic mass is 32.2. The normalized spacial score (nSPS) is 11.0. The van der Waals surface area contributed by atoms with Gasteiger partial charge < -0.3 is 14.2 Å². The molecule has 2 rings (SSSR count). The van der Waals surface area contributed by atoms with Crippen molar-refractivity contribution in [3.05, 3.63) is 24.3 Å². The Morgan fingerprint density at radius 2 is 1.71 bits per heavy atom. The molecule has 14 heteroatoms. The van der Waals surface area contributed by atoms with Gasteiger partial charge in [0.2, 0.25) is 5.95 Å². The zero-order valence-corrected chi connectivity index (χ0v) is 15.4. The maximum absolute atomic E-state index is 12.4. The molecule has 0 saturated carbocycles. The zero-order chi connectivity index (χ0) is 20.7. The van der Waals surface area contributed by atoms with Crippen molar-refractivity contribution in [2.24, 2.45) is 0 Å². The molecule has 0 atom stereocenters. The van der Waals surface area contributed by atoms with Crippen LogP contribution >= 0.6 is 0 Å². The molecule has 2 amide bonds. The molecule has 0 radical (unpaired) electrons. The summed E-state index contributed by atoms with van der Waals surface area (Å²) in [7, 11) is -1.93. The van der Waals surface area contributed by atoms with E-state index in [9.17, 15) is 22.0 Å². The Balaban J connectivity index is 2.18. The van der Waals surface area contributed by atoms with Crippen LogP contribution in [0.15, 0.2) is 29.2 Å². The number of rotatable bonds is 8. The molecule has 11 nitrogen and oxygen atoms in total. The second-order valence-corrected chi connectivity index (χ2v) is 6.49. The van der Waals surface area contributed by atoms with E-state index in [0.717, 1.165) is 6.07 Å². The lowest BCUT2D eigenvalue weighted by atomic mass is 10.3. The van der Waals surface area contributed by atoms with E-state index in [2.05, 4.69) is 20.3 Å². The summed E-state index contributed by atoms with van der Waals surface area (Å²) in [4.78, 5) is 22.7. The first kappa shape index (κ1) is 21.0. The summed E-state index contributed by atoms with van der Waals surface area (Å²) in [6.07, 6.45) is -2.80. The lowest BCUT2D eigenvalue weighted by Crippen LogP contribution is -2.35. The minimum Gasteiger partial charge on any atom is -0.486 e. The van der Waals surface area contributed by atoms with E-state index in [-0.39, 0.29) is 23.7 Å². The third kappa shape index (κ3) is 5.60. The topological polar surface area (TPSA) is 142 Å². The number of carbonyl (C=O) groups is 1. The highest BCUT2D eigenvalue weighted by Crippen LogP contribution is 2.23. The smallest absolute Gasteiger partial charge is 0.335 e. The molecule has 1 heterocycles. The maximum atomic E-state index is 12.4. The van der Waals surface area contributed by atoms with Crippen LogP contribution in [0.5, 0.6) is 17.8 Å². The Labute approximate surface area is 158 Å². The second kappa shape index (κ2) is 9.07. The number of para-hydroxylation sites is 1. The molecular weight excluding hydrogens is 404 g/mol. The number of hydrogen-bond acceptors (Lipinski definition) is 9. The molecule has 2 aromatic rings. The van der Waals surface area contributed by atoms with Crippen molar-refractivity contribution >= 4 is 22.0 Å². The molecule has 1 aromatic heterocycles. The van der Waals surface area contributed by atoms with E-state index >= 15 is 0 Å². The number of alkyl halides is 2. The molecule has 0 fully saturated rings. The van der Waals surface area contributed by atoms with Crippen molar-refractivity contribution in [3.63, 3.8) is 0 Å². The Hall–Kier alpha value is -3.29. The van der Waals surface area contributed by atoms with Crippen LogP contribution in [0.1, 0.15) is 0 Å². The Kier molecular flexibility index (Phi) is 6.81. The Morgan fingerprint density at radius 1 is 1.11 bits per heavy atom. The molecule has 0 aliphatic rings. The standard InChI is InChI=1S/C14H15F2N5O6S/c1-25-13-18-11(19-14(20-13)26-2)17-12(22)21-28(23,24)9-6-4-3-5-8(9)27-7-10(15)16/h3-6,10H,7H2,1-2H3,(H2,17,18,19,20,21,22). The van der Waals surface area contributed by atoms with Crippen LogP contribution in [0.3, 0.4) is 0 Å². The first-order valence-electron chi connectivity index (χ1n) is 7.43.